The molecule has 0 aliphatic carbocycles. The Kier molecular flexibility index (Phi) is 6.63. The van der Waals surface area contributed by atoms with E-state index >= 15 is 0 Å². The van der Waals surface area contributed by atoms with Gasteiger partial charge in [-0.3, -0.25) is 4.79 Å². The van der Waals surface area contributed by atoms with E-state index in [-0.39, 0.29) is 12.0 Å². The third kappa shape index (κ3) is 4.81. The number of aromatic nitrogens is 1. The predicted molar refractivity (Wildman–Crippen MR) is 114 cm³/mol. The van der Waals surface area contributed by atoms with Crippen LogP contribution >= 0.6 is 0 Å². The lowest BCUT2D eigenvalue weighted by Gasteiger charge is -2.37. The van der Waals surface area contributed by atoms with Gasteiger partial charge in [-0.15, -0.1) is 0 Å². The zero-order chi connectivity index (χ0) is 20.8. The van der Waals surface area contributed by atoms with Gasteiger partial charge in [-0.2, -0.15) is 0 Å². The largest absolute Gasteiger partial charge is 0.444 e. The van der Waals surface area contributed by atoms with E-state index in [2.05, 4.69) is 22.1 Å². The molecule has 2 aromatic rings. The number of aliphatic imine (C=N–C) groups is 1. The first kappa shape index (κ1) is 20.4. The molecule has 0 radical (unpaired) electrons. The summed E-state index contributed by atoms with van der Waals surface area (Å²) in [7, 11) is 0. The number of hydrogen-bond donors (Lipinski definition) is 1. The zero-order valence-corrected chi connectivity index (χ0v) is 17.4. The molecule has 2 aliphatic rings. The summed E-state index contributed by atoms with van der Waals surface area (Å²) in [6, 6.07) is 9.84. The molecule has 8 heteroatoms. The van der Waals surface area contributed by atoms with Crippen LogP contribution in [0.1, 0.15) is 25.5 Å². The van der Waals surface area contributed by atoms with Crippen molar-refractivity contribution in [1.29, 1.82) is 0 Å². The van der Waals surface area contributed by atoms with Gasteiger partial charge in [-0.1, -0.05) is 18.2 Å². The molecule has 160 valence electrons. The fraction of sp³-hybridized carbons (Fsp3) is 0.500. The highest BCUT2D eigenvalue weighted by atomic mass is 16.5. The average molecular weight is 412 g/mol. The average Bonchev–Trinajstić information content (AvgIpc) is 3.49. The molecular weight excluding hydrogens is 382 g/mol. The monoisotopic (exact) mass is 411 g/mol. The van der Waals surface area contributed by atoms with Crippen molar-refractivity contribution in [2.75, 3.05) is 39.3 Å². The van der Waals surface area contributed by atoms with Crippen LogP contribution in [0, 0.1) is 0 Å². The quantitative estimate of drug-likeness (QED) is 0.600. The SMILES string of the molecule is CCNC(=NCc1coc(-c2ccccc2)n1)N1CCN(C(=O)C2CCCO2)CC1. The predicted octanol–water partition coefficient (Wildman–Crippen LogP) is 2.13. The number of guanidine groups is 1. The molecule has 1 unspecified atom stereocenters. The van der Waals surface area contributed by atoms with E-state index in [0.29, 0.717) is 32.1 Å². The maximum atomic E-state index is 12.6. The summed E-state index contributed by atoms with van der Waals surface area (Å²) in [5.74, 6) is 1.57. The number of amides is 1. The first-order valence-corrected chi connectivity index (χ1v) is 10.7. The maximum absolute atomic E-state index is 12.6. The topological polar surface area (TPSA) is 83.2 Å². The van der Waals surface area contributed by atoms with Crippen molar-refractivity contribution < 1.29 is 13.9 Å². The van der Waals surface area contributed by atoms with Crippen molar-refractivity contribution in [2.45, 2.75) is 32.4 Å². The molecule has 30 heavy (non-hydrogen) atoms. The number of carbonyl (C=O) groups excluding carboxylic acids is 1. The summed E-state index contributed by atoms with van der Waals surface area (Å²) in [5, 5.41) is 3.35. The number of oxazole rings is 1. The molecule has 0 bridgehead atoms. The zero-order valence-electron chi connectivity index (χ0n) is 17.4. The highest BCUT2D eigenvalue weighted by Gasteiger charge is 2.30. The number of hydrogen-bond acceptors (Lipinski definition) is 5. The second-order valence-electron chi connectivity index (χ2n) is 7.49. The van der Waals surface area contributed by atoms with Crippen LogP contribution in [0.4, 0.5) is 0 Å². The molecule has 2 saturated heterocycles. The fourth-order valence-corrected chi connectivity index (χ4v) is 3.79. The molecule has 0 saturated carbocycles. The van der Waals surface area contributed by atoms with E-state index in [1.807, 2.05) is 35.2 Å². The molecule has 2 fully saturated rings. The number of nitrogens with zero attached hydrogens (tertiary/aromatic N) is 4. The Balaban J connectivity index is 1.35. The van der Waals surface area contributed by atoms with Gasteiger partial charge in [-0.25, -0.2) is 9.98 Å². The van der Waals surface area contributed by atoms with Crippen molar-refractivity contribution in [3.63, 3.8) is 0 Å². The lowest BCUT2D eigenvalue weighted by molar-refractivity contribution is -0.142. The first-order chi connectivity index (χ1) is 14.7. The van der Waals surface area contributed by atoms with Gasteiger partial charge in [0.25, 0.3) is 5.91 Å². The number of carbonyl (C=O) groups is 1. The fourth-order valence-electron chi connectivity index (χ4n) is 3.79. The molecule has 1 amide bonds. The summed E-state index contributed by atoms with van der Waals surface area (Å²) < 4.78 is 11.2. The van der Waals surface area contributed by atoms with E-state index in [4.69, 9.17) is 14.1 Å². The Bertz CT molecular complexity index is 853. The smallest absolute Gasteiger partial charge is 0.251 e. The molecule has 2 aliphatic heterocycles. The molecule has 1 aromatic carbocycles. The Morgan fingerprint density at radius 1 is 1.20 bits per heavy atom. The molecule has 1 aromatic heterocycles. The third-order valence-electron chi connectivity index (χ3n) is 5.39. The van der Waals surface area contributed by atoms with Gasteiger partial charge in [0.1, 0.15) is 18.1 Å². The molecular formula is C22H29N5O3. The summed E-state index contributed by atoms with van der Waals surface area (Å²) >= 11 is 0. The van der Waals surface area contributed by atoms with E-state index in [9.17, 15) is 4.79 Å². The van der Waals surface area contributed by atoms with Crippen LogP contribution in [0.3, 0.4) is 0 Å². The van der Waals surface area contributed by atoms with Gasteiger partial charge in [0.2, 0.25) is 5.89 Å². The molecule has 1 N–H and O–H groups in total. The summed E-state index contributed by atoms with van der Waals surface area (Å²) in [5.41, 5.74) is 1.74. The molecule has 8 nitrogen and oxygen atoms in total. The first-order valence-electron chi connectivity index (χ1n) is 10.7. The second-order valence-corrected chi connectivity index (χ2v) is 7.49. The number of benzene rings is 1. The highest BCUT2D eigenvalue weighted by molar-refractivity contribution is 5.82. The summed E-state index contributed by atoms with van der Waals surface area (Å²) in [4.78, 5) is 26.0. The minimum absolute atomic E-state index is 0.130. The van der Waals surface area contributed by atoms with Crippen molar-refractivity contribution in [3.8, 4) is 11.5 Å². The van der Waals surface area contributed by atoms with Crippen molar-refractivity contribution in [2.24, 2.45) is 4.99 Å². The Labute approximate surface area is 176 Å². The van der Waals surface area contributed by atoms with Crippen molar-refractivity contribution in [3.05, 3.63) is 42.3 Å². The summed E-state index contributed by atoms with van der Waals surface area (Å²) in [6.45, 7) is 6.83. The molecule has 0 spiro atoms. The van der Waals surface area contributed by atoms with E-state index in [1.54, 1.807) is 6.26 Å². The highest BCUT2D eigenvalue weighted by Crippen LogP contribution is 2.19. The standard InChI is InChI=1S/C22H29N5O3/c1-2-23-22(24-15-18-16-30-20(25-18)17-7-4-3-5-8-17)27-12-10-26(11-13-27)21(28)19-9-6-14-29-19/h3-5,7-8,16,19H,2,6,9-15H2,1H3,(H,23,24). The number of nitrogens with one attached hydrogen (secondary N) is 1. The van der Waals surface area contributed by atoms with Crippen molar-refractivity contribution >= 4 is 11.9 Å². The Morgan fingerprint density at radius 2 is 1.97 bits per heavy atom. The lowest BCUT2D eigenvalue weighted by atomic mass is 10.2. The Hall–Kier alpha value is -2.87. The van der Waals surface area contributed by atoms with Crippen LogP contribution in [0.15, 0.2) is 46.0 Å². The van der Waals surface area contributed by atoms with Crippen LogP contribution in [0.25, 0.3) is 11.5 Å². The normalized spacial score (nSPS) is 19.9. The maximum Gasteiger partial charge on any atom is 0.251 e. The van der Waals surface area contributed by atoms with Gasteiger partial charge in [0.15, 0.2) is 5.96 Å². The number of rotatable bonds is 5. The van der Waals surface area contributed by atoms with Gasteiger partial charge in [0, 0.05) is 44.9 Å². The molecule has 1 atom stereocenters. The molecule has 4 rings (SSSR count). The Morgan fingerprint density at radius 3 is 2.67 bits per heavy atom. The van der Waals surface area contributed by atoms with Crippen LogP contribution in [0.5, 0.6) is 0 Å². The van der Waals surface area contributed by atoms with Crippen LogP contribution in [-0.2, 0) is 16.1 Å². The van der Waals surface area contributed by atoms with Crippen LogP contribution in [-0.4, -0.2) is 72.1 Å². The van der Waals surface area contributed by atoms with E-state index in [0.717, 1.165) is 49.7 Å². The second kappa shape index (κ2) is 9.75. The minimum Gasteiger partial charge on any atom is -0.444 e. The van der Waals surface area contributed by atoms with Gasteiger partial charge < -0.3 is 24.3 Å². The van der Waals surface area contributed by atoms with Gasteiger partial charge in [-0.05, 0) is 31.9 Å². The van der Waals surface area contributed by atoms with Gasteiger partial charge in [0.05, 0.1) is 6.54 Å². The van der Waals surface area contributed by atoms with E-state index < -0.39 is 0 Å². The lowest BCUT2D eigenvalue weighted by Crippen LogP contribution is -2.55. The van der Waals surface area contributed by atoms with Crippen LogP contribution < -0.4 is 5.32 Å². The van der Waals surface area contributed by atoms with Gasteiger partial charge >= 0.3 is 0 Å². The third-order valence-corrected chi connectivity index (χ3v) is 5.39. The number of ether oxygens (including phenoxy) is 1. The number of piperazine rings is 1. The van der Waals surface area contributed by atoms with E-state index in [1.165, 1.54) is 0 Å². The summed E-state index contributed by atoms with van der Waals surface area (Å²) in [6.07, 6.45) is 3.23. The van der Waals surface area contributed by atoms with Crippen molar-refractivity contribution in [1.82, 2.24) is 20.1 Å². The molecule has 3 heterocycles. The minimum atomic E-state index is -0.246. The van der Waals surface area contributed by atoms with Crippen LogP contribution in [0.2, 0.25) is 0 Å².